The maximum Gasteiger partial charge on any atom is 0.128 e. The van der Waals surface area contributed by atoms with E-state index in [0.29, 0.717) is 13.2 Å². The summed E-state index contributed by atoms with van der Waals surface area (Å²) in [4.78, 5) is 4.32. The molecule has 1 rings (SSSR count). The maximum absolute atomic E-state index is 8.50. The third-order valence-electron chi connectivity index (χ3n) is 2.01. The standard InChI is InChI=1S/C11H19N3O2/c1-12-10-4-2-5-11(14-10)13-6-3-8-16-9-7-15/h2,4-5,15H,3,6-9H2,1H3,(H2,12,13,14). The monoisotopic (exact) mass is 225 g/mol. The highest BCUT2D eigenvalue weighted by molar-refractivity contribution is 5.44. The van der Waals surface area contributed by atoms with Gasteiger partial charge in [-0.05, 0) is 18.6 Å². The summed E-state index contributed by atoms with van der Waals surface area (Å²) >= 11 is 0. The van der Waals surface area contributed by atoms with Crippen LogP contribution < -0.4 is 10.6 Å². The highest BCUT2D eigenvalue weighted by atomic mass is 16.5. The van der Waals surface area contributed by atoms with Crippen molar-refractivity contribution in [1.29, 1.82) is 0 Å². The predicted octanol–water partition coefficient (Wildman–Crippen LogP) is 0.934. The zero-order valence-corrected chi connectivity index (χ0v) is 9.57. The van der Waals surface area contributed by atoms with Crippen molar-refractivity contribution in [3.05, 3.63) is 18.2 Å². The van der Waals surface area contributed by atoms with Gasteiger partial charge in [0, 0.05) is 20.2 Å². The summed E-state index contributed by atoms with van der Waals surface area (Å²) in [5.74, 6) is 1.70. The molecule has 0 spiro atoms. The molecule has 5 nitrogen and oxygen atoms in total. The Morgan fingerprint density at radius 1 is 1.31 bits per heavy atom. The maximum atomic E-state index is 8.50. The number of aliphatic hydroxyl groups is 1. The van der Waals surface area contributed by atoms with E-state index >= 15 is 0 Å². The lowest BCUT2D eigenvalue weighted by Crippen LogP contribution is -2.08. The first-order chi connectivity index (χ1) is 7.86. The molecule has 0 saturated heterocycles. The zero-order valence-electron chi connectivity index (χ0n) is 9.57. The van der Waals surface area contributed by atoms with E-state index in [1.165, 1.54) is 0 Å². The molecule has 0 fully saturated rings. The van der Waals surface area contributed by atoms with E-state index in [-0.39, 0.29) is 6.61 Å². The minimum atomic E-state index is 0.0825. The van der Waals surface area contributed by atoms with Crippen molar-refractivity contribution in [2.75, 3.05) is 44.0 Å². The first-order valence-electron chi connectivity index (χ1n) is 5.44. The second-order valence-corrected chi connectivity index (χ2v) is 3.27. The molecule has 90 valence electrons. The van der Waals surface area contributed by atoms with Gasteiger partial charge in [0.15, 0.2) is 0 Å². The Morgan fingerprint density at radius 3 is 2.88 bits per heavy atom. The molecule has 0 aromatic carbocycles. The van der Waals surface area contributed by atoms with Gasteiger partial charge in [-0.15, -0.1) is 0 Å². The van der Waals surface area contributed by atoms with Crippen molar-refractivity contribution in [2.45, 2.75) is 6.42 Å². The number of hydrogen-bond acceptors (Lipinski definition) is 5. The van der Waals surface area contributed by atoms with E-state index in [9.17, 15) is 0 Å². The molecule has 0 aliphatic carbocycles. The number of pyridine rings is 1. The van der Waals surface area contributed by atoms with E-state index in [1.807, 2.05) is 25.2 Å². The lowest BCUT2D eigenvalue weighted by Gasteiger charge is -2.07. The zero-order chi connectivity index (χ0) is 11.6. The smallest absolute Gasteiger partial charge is 0.128 e. The molecule has 0 radical (unpaired) electrons. The number of ether oxygens (including phenoxy) is 1. The molecule has 0 aliphatic heterocycles. The second-order valence-electron chi connectivity index (χ2n) is 3.27. The number of nitrogens with one attached hydrogen (secondary N) is 2. The van der Waals surface area contributed by atoms with Crippen LogP contribution in [0.3, 0.4) is 0 Å². The lowest BCUT2D eigenvalue weighted by atomic mass is 10.4. The molecular weight excluding hydrogens is 206 g/mol. The van der Waals surface area contributed by atoms with Gasteiger partial charge in [0.05, 0.1) is 13.2 Å². The molecule has 5 heteroatoms. The van der Waals surface area contributed by atoms with Gasteiger partial charge in [-0.3, -0.25) is 0 Å². The number of anilines is 2. The van der Waals surface area contributed by atoms with Crippen molar-refractivity contribution in [2.24, 2.45) is 0 Å². The number of nitrogens with zero attached hydrogens (tertiary/aromatic N) is 1. The van der Waals surface area contributed by atoms with Crippen molar-refractivity contribution in [3.8, 4) is 0 Å². The van der Waals surface area contributed by atoms with Crippen LogP contribution in [0.5, 0.6) is 0 Å². The molecule has 1 aromatic heterocycles. The number of aromatic nitrogens is 1. The molecule has 3 N–H and O–H groups in total. The Morgan fingerprint density at radius 2 is 2.12 bits per heavy atom. The first kappa shape index (κ1) is 12.7. The quantitative estimate of drug-likeness (QED) is 0.574. The van der Waals surface area contributed by atoms with Crippen molar-refractivity contribution >= 4 is 11.6 Å². The van der Waals surface area contributed by atoms with Gasteiger partial charge in [0.25, 0.3) is 0 Å². The summed E-state index contributed by atoms with van der Waals surface area (Å²) < 4.78 is 5.14. The molecule has 1 heterocycles. The number of rotatable bonds is 8. The molecule has 0 saturated carbocycles. The summed E-state index contributed by atoms with van der Waals surface area (Å²) in [6.07, 6.45) is 0.894. The normalized spacial score (nSPS) is 10.1. The molecule has 0 atom stereocenters. The van der Waals surface area contributed by atoms with E-state index in [4.69, 9.17) is 9.84 Å². The Bertz CT molecular complexity index is 294. The minimum Gasteiger partial charge on any atom is -0.394 e. The summed E-state index contributed by atoms with van der Waals surface area (Å²) in [6.45, 7) is 1.96. The highest BCUT2D eigenvalue weighted by Gasteiger charge is 1.95. The molecule has 16 heavy (non-hydrogen) atoms. The summed E-state index contributed by atoms with van der Waals surface area (Å²) in [6, 6.07) is 5.79. The van der Waals surface area contributed by atoms with Gasteiger partial charge in [-0.1, -0.05) is 6.07 Å². The first-order valence-corrected chi connectivity index (χ1v) is 5.44. The fourth-order valence-electron chi connectivity index (χ4n) is 1.23. The third-order valence-corrected chi connectivity index (χ3v) is 2.01. The third kappa shape index (κ3) is 4.95. The fourth-order valence-corrected chi connectivity index (χ4v) is 1.23. The summed E-state index contributed by atoms with van der Waals surface area (Å²) in [5.41, 5.74) is 0. The topological polar surface area (TPSA) is 66.4 Å². The largest absolute Gasteiger partial charge is 0.394 e. The molecular formula is C11H19N3O2. The van der Waals surface area contributed by atoms with E-state index < -0.39 is 0 Å². The van der Waals surface area contributed by atoms with Crippen LogP contribution in [0.1, 0.15) is 6.42 Å². The molecule has 0 amide bonds. The van der Waals surface area contributed by atoms with Crippen LogP contribution in [0.15, 0.2) is 18.2 Å². The number of aliphatic hydroxyl groups excluding tert-OH is 1. The Kier molecular flexibility index (Phi) is 6.29. The van der Waals surface area contributed by atoms with Crippen LogP contribution in [0, 0.1) is 0 Å². The van der Waals surface area contributed by atoms with Crippen LogP contribution in [0.4, 0.5) is 11.6 Å². The van der Waals surface area contributed by atoms with Gasteiger partial charge in [-0.2, -0.15) is 0 Å². The van der Waals surface area contributed by atoms with Gasteiger partial charge < -0.3 is 20.5 Å². The molecule has 0 unspecified atom stereocenters. The van der Waals surface area contributed by atoms with Crippen LogP contribution >= 0.6 is 0 Å². The Balaban J connectivity index is 2.16. The van der Waals surface area contributed by atoms with E-state index in [2.05, 4.69) is 15.6 Å². The van der Waals surface area contributed by atoms with E-state index in [0.717, 1.165) is 24.6 Å². The average Bonchev–Trinajstić information content (AvgIpc) is 2.34. The summed E-state index contributed by atoms with van der Waals surface area (Å²) in [5, 5.41) is 14.7. The average molecular weight is 225 g/mol. The summed E-state index contributed by atoms with van der Waals surface area (Å²) in [7, 11) is 1.84. The minimum absolute atomic E-state index is 0.0825. The van der Waals surface area contributed by atoms with Crippen LogP contribution in [-0.2, 0) is 4.74 Å². The SMILES string of the molecule is CNc1cccc(NCCCOCCO)n1. The van der Waals surface area contributed by atoms with Crippen LogP contribution in [0.2, 0.25) is 0 Å². The van der Waals surface area contributed by atoms with Crippen molar-refractivity contribution in [3.63, 3.8) is 0 Å². The molecule has 0 aliphatic rings. The van der Waals surface area contributed by atoms with Gasteiger partial charge in [-0.25, -0.2) is 4.98 Å². The van der Waals surface area contributed by atoms with Crippen molar-refractivity contribution in [1.82, 2.24) is 4.98 Å². The van der Waals surface area contributed by atoms with Crippen molar-refractivity contribution < 1.29 is 9.84 Å². The van der Waals surface area contributed by atoms with Crippen LogP contribution in [0.25, 0.3) is 0 Å². The Hall–Kier alpha value is -1.33. The highest BCUT2D eigenvalue weighted by Crippen LogP contribution is 2.07. The van der Waals surface area contributed by atoms with Gasteiger partial charge >= 0.3 is 0 Å². The molecule has 1 aromatic rings. The van der Waals surface area contributed by atoms with Crippen LogP contribution in [-0.4, -0.2) is 43.5 Å². The van der Waals surface area contributed by atoms with E-state index in [1.54, 1.807) is 0 Å². The Labute approximate surface area is 95.8 Å². The second kappa shape index (κ2) is 7.90. The van der Waals surface area contributed by atoms with Gasteiger partial charge in [0.1, 0.15) is 11.6 Å². The van der Waals surface area contributed by atoms with Gasteiger partial charge in [0.2, 0.25) is 0 Å². The number of hydrogen-bond donors (Lipinski definition) is 3. The molecule has 0 bridgehead atoms. The predicted molar refractivity (Wildman–Crippen MR) is 64.8 cm³/mol. The fraction of sp³-hybridized carbons (Fsp3) is 0.545. The lowest BCUT2D eigenvalue weighted by molar-refractivity contribution is 0.0922.